The van der Waals surface area contributed by atoms with E-state index in [0.29, 0.717) is 18.8 Å². The number of nitrogens with zero attached hydrogens (tertiary/aromatic N) is 3. The van der Waals surface area contributed by atoms with Gasteiger partial charge in [0.15, 0.2) is 0 Å². The molecule has 9 nitrogen and oxygen atoms in total. The zero-order valence-electron chi connectivity index (χ0n) is 19.9. The van der Waals surface area contributed by atoms with Gasteiger partial charge < -0.3 is 20.1 Å². The second-order valence-electron chi connectivity index (χ2n) is 9.65. The third-order valence-corrected chi connectivity index (χ3v) is 4.35. The fourth-order valence-corrected chi connectivity index (χ4v) is 3.01. The number of carbonyl (C=O) groups is 2. The summed E-state index contributed by atoms with van der Waals surface area (Å²) in [5.74, 6) is 0.586. The summed E-state index contributed by atoms with van der Waals surface area (Å²) in [6.45, 7) is 14.7. The SMILES string of the molecule is CCCCCNc1nc(N(C(=O)OC(C)(C)C)C(=O)OC(C)(C)C)nc2c1CNCC2. The van der Waals surface area contributed by atoms with Crippen molar-refractivity contribution in [3.63, 3.8) is 0 Å². The van der Waals surface area contributed by atoms with Gasteiger partial charge in [-0.15, -0.1) is 4.90 Å². The minimum absolute atomic E-state index is 0.0397. The van der Waals surface area contributed by atoms with E-state index in [1.807, 2.05) is 0 Å². The van der Waals surface area contributed by atoms with Gasteiger partial charge in [0.2, 0.25) is 5.95 Å². The first-order valence-electron chi connectivity index (χ1n) is 11.0. The normalized spacial score (nSPS) is 13.9. The van der Waals surface area contributed by atoms with Crippen molar-refractivity contribution < 1.29 is 19.1 Å². The van der Waals surface area contributed by atoms with Crippen LogP contribution in [0.15, 0.2) is 0 Å². The lowest BCUT2D eigenvalue weighted by molar-refractivity contribution is 0.0427. The van der Waals surface area contributed by atoms with Crippen molar-refractivity contribution in [2.24, 2.45) is 0 Å². The Kier molecular flexibility index (Phi) is 8.22. The second-order valence-corrected chi connectivity index (χ2v) is 9.65. The van der Waals surface area contributed by atoms with E-state index >= 15 is 0 Å². The van der Waals surface area contributed by atoms with Crippen LogP contribution >= 0.6 is 0 Å². The van der Waals surface area contributed by atoms with Crippen LogP contribution in [0.4, 0.5) is 21.4 Å². The summed E-state index contributed by atoms with van der Waals surface area (Å²) < 4.78 is 10.9. The molecule has 2 N–H and O–H groups in total. The molecule has 0 atom stereocenters. The lowest BCUT2D eigenvalue weighted by Gasteiger charge is -2.28. The summed E-state index contributed by atoms with van der Waals surface area (Å²) >= 11 is 0. The molecule has 0 radical (unpaired) electrons. The third kappa shape index (κ3) is 7.65. The maximum absolute atomic E-state index is 13.0. The van der Waals surface area contributed by atoms with Gasteiger partial charge in [-0.3, -0.25) is 0 Å². The summed E-state index contributed by atoms with van der Waals surface area (Å²) in [4.78, 5) is 35.8. The Bertz CT molecular complexity index is 755. The number of anilines is 2. The van der Waals surface area contributed by atoms with Crippen molar-refractivity contribution in [3.05, 3.63) is 11.3 Å². The zero-order valence-corrected chi connectivity index (χ0v) is 19.9. The quantitative estimate of drug-likeness (QED) is 0.633. The van der Waals surface area contributed by atoms with Crippen LogP contribution in [0.5, 0.6) is 0 Å². The average Bonchev–Trinajstić information content (AvgIpc) is 2.62. The highest BCUT2D eigenvalue weighted by Gasteiger charge is 2.35. The Morgan fingerprint density at radius 1 is 1.03 bits per heavy atom. The minimum Gasteiger partial charge on any atom is -0.443 e. The Morgan fingerprint density at radius 3 is 2.19 bits per heavy atom. The van der Waals surface area contributed by atoms with Gasteiger partial charge in [0.05, 0.1) is 5.69 Å². The highest BCUT2D eigenvalue weighted by Crippen LogP contribution is 2.26. The summed E-state index contributed by atoms with van der Waals surface area (Å²) in [5.41, 5.74) is 0.173. The lowest BCUT2D eigenvalue weighted by atomic mass is 10.1. The minimum atomic E-state index is -0.868. The molecule has 0 fully saturated rings. The zero-order chi connectivity index (χ0) is 23.2. The van der Waals surface area contributed by atoms with Crippen LogP contribution < -0.4 is 15.5 Å². The smallest absolute Gasteiger partial charge is 0.427 e. The predicted molar refractivity (Wildman–Crippen MR) is 120 cm³/mol. The number of aromatic nitrogens is 2. The Morgan fingerprint density at radius 2 is 1.65 bits per heavy atom. The Hall–Kier alpha value is -2.42. The van der Waals surface area contributed by atoms with E-state index in [-0.39, 0.29) is 5.95 Å². The number of carbonyl (C=O) groups excluding carboxylic acids is 2. The number of imide groups is 1. The topological polar surface area (TPSA) is 106 Å². The summed E-state index contributed by atoms with van der Waals surface area (Å²) in [6.07, 6.45) is 2.15. The van der Waals surface area contributed by atoms with Crippen molar-refractivity contribution in [2.45, 2.75) is 91.9 Å². The van der Waals surface area contributed by atoms with Crippen LogP contribution in [0.25, 0.3) is 0 Å². The molecular formula is C22H37N5O4. The first kappa shape index (κ1) is 24.8. The largest absolute Gasteiger partial charge is 0.443 e. The monoisotopic (exact) mass is 435 g/mol. The molecule has 174 valence electrons. The molecule has 1 aliphatic rings. The summed E-state index contributed by atoms with van der Waals surface area (Å²) in [5, 5.41) is 6.68. The number of hydrogen-bond acceptors (Lipinski definition) is 8. The maximum atomic E-state index is 13.0. The molecule has 0 bridgehead atoms. The molecule has 2 heterocycles. The molecule has 0 aromatic carbocycles. The van der Waals surface area contributed by atoms with Crippen LogP contribution in [0.3, 0.4) is 0 Å². The number of ether oxygens (including phenoxy) is 2. The molecule has 0 unspecified atom stereocenters. The van der Waals surface area contributed by atoms with E-state index in [0.717, 1.165) is 48.5 Å². The van der Waals surface area contributed by atoms with Crippen LogP contribution in [0.1, 0.15) is 79.0 Å². The highest BCUT2D eigenvalue weighted by atomic mass is 16.6. The number of nitrogens with one attached hydrogen (secondary N) is 2. The molecule has 0 aliphatic carbocycles. The van der Waals surface area contributed by atoms with Gasteiger partial charge in [-0.2, -0.15) is 4.98 Å². The Balaban J connectivity index is 2.45. The van der Waals surface area contributed by atoms with Gasteiger partial charge in [-0.1, -0.05) is 19.8 Å². The summed E-state index contributed by atoms with van der Waals surface area (Å²) in [6, 6.07) is 0. The van der Waals surface area contributed by atoms with E-state index < -0.39 is 23.4 Å². The van der Waals surface area contributed by atoms with E-state index in [9.17, 15) is 9.59 Å². The molecule has 2 amide bonds. The predicted octanol–water partition coefficient (Wildman–Crippen LogP) is 4.40. The van der Waals surface area contributed by atoms with Crippen molar-refractivity contribution >= 4 is 24.0 Å². The lowest BCUT2D eigenvalue weighted by Crippen LogP contribution is -2.45. The van der Waals surface area contributed by atoms with Crippen LogP contribution in [0, 0.1) is 0 Å². The van der Waals surface area contributed by atoms with E-state index in [2.05, 4.69) is 27.5 Å². The number of rotatable bonds is 6. The molecule has 1 aromatic rings. The van der Waals surface area contributed by atoms with E-state index in [4.69, 9.17) is 9.47 Å². The molecule has 1 aromatic heterocycles. The molecule has 0 saturated heterocycles. The van der Waals surface area contributed by atoms with Crippen molar-refractivity contribution in [3.8, 4) is 0 Å². The van der Waals surface area contributed by atoms with Crippen LogP contribution in [-0.2, 0) is 22.4 Å². The van der Waals surface area contributed by atoms with Gasteiger partial charge in [0.25, 0.3) is 0 Å². The molecule has 0 spiro atoms. The first-order valence-corrected chi connectivity index (χ1v) is 11.0. The van der Waals surface area contributed by atoms with E-state index in [1.54, 1.807) is 41.5 Å². The molecule has 31 heavy (non-hydrogen) atoms. The molecule has 2 rings (SSSR count). The van der Waals surface area contributed by atoms with Crippen molar-refractivity contribution in [1.82, 2.24) is 15.3 Å². The number of fused-ring (bicyclic) bond motifs is 1. The van der Waals surface area contributed by atoms with Crippen LogP contribution in [0.2, 0.25) is 0 Å². The van der Waals surface area contributed by atoms with Crippen molar-refractivity contribution in [1.29, 1.82) is 0 Å². The van der Waals surface area contributed by atoms with E-state index in [1.165, 1.54) is 0 Å². The average molecular weight is 436 g/mol. The van der Waals surface area contributed by atoms with Crippen molar-refractivity contribution in [2.75, 3.05) is 23.3 Å². The van der Waals surface area contributed by atoms with Gasteiger partial charge >= 0.3 is 12.2 Å². The van der Waals surface area contributed by atoms with Gasteiger partial charge in [0.1, 0.15) is 17.0 Å². The molecule has 0 saturated carbocycles. The fraction of sp³-hybridized carbons (Fsp3) is 0.727. The Labute approximate surface area is 185 Å². The second kappa shape index (κ2) is 10.3. The molecule has 1 aliphatic heterocycles. The summed E-state index contributed by atoms with van der Waals surface area (Å²) in [7, 11) is 0. The van der Waals surface area contributed by atoms with Gasteiger partial charge in [-0.25, -0.2) is 14.6 Å². The molecule has 9 heteroatoms. The van der Waals surface area contributed by atoms with Gasteiger partial charge in [0, 0.05) is 31.6 Å². The third-order valence-electron chi connectivity index (χ3n) is 4.35. The first-order chi connectivity index (χ1) is 14.4. The van der Waals surface area contributed by atoms with Crippen LogP contribution in [-0.4, -0.2) is 46.4 Å². The molecular weight excluding hydrogens is 398 g/mol. The number of unbranched alkanes of at least 4 members (excludes halogenated alkanes) is 2. The maximum Gasteiger partial charge on any atom is 0.427 e. The number of hydrogen-bond donors (Lipinski definition) is 2. The highest BCUT2D eigenvalue weighted by molar-refractivity contribution is 6.08. The number of amides is 2. The fourth-order valence-electron chi connectivity index (χ4n) is 3.01. The van der Waals surface area contributed by atoms with Gasteiger partial charge in [-0.05, 0) is 48.0 Å². The standard InChI is InChI=1S/C22H37N5O4/c1-8-9-10-12-24-17-15-14-23-13-11-16(15)25-18(26-17)27(19(28)30-21(2,3)4)20(29)31-22(5,6)7/h23H,8-14H2,1-7H3,(H,24,25,26).